The standard InChI is InChI=1S/C19H23ClN8O3S/c1-11(6-14-21-7-13(20)8-22-14)32-27-19-26-25-16(12-4-5-31-9-12)28(19)15-17(29-2)23-10-24-18(15)30-3/h7-8,10-12H,4-6,9H2,1-3H3,(H,26,27). The van der Waals surface area contributed by atoms with Gasteiger partial charge in [0.25, 0.3) is 0 Å². The Morgan fingerprint density at radius 2 is 1.91 bits per heavy atom. The Hall–Kier alpha value is -2.70. The molecule has 4 rings (SSSR count). The fourth-order valence-electron chi connectivity index (χ4n) is 3.32. The molecular weight excluding hydrogens is 456 g/mol. The average Bonchev–Trinajstić information content (AvgIpc) is 3.48. The molecule has 1 aliphatic rings. The van der Waals surface area contributed by atoms with Crippen molar-refractivity contribution >= 4 is 29.5 Å². The Bertz CT molecular complexity index is 1020. The number of halogens is 1. The first-order chi connectivity index (χ1) is 15.6. The van der Waals surface area contributed by atoms with Crippen molar-refractivity contribution in [1.29, 1.82) is 0 Å². The van der Waals surface area contributed by atoms with Crippen molar-refractivity contribution in [2.75, 3.05) is 32.2 Å². The summed E-state index contributed by atoms with van der Waals surface area (Å²) in [5.41, 5.74) is 0.529. The molecule has 170 valence electrons. The van der Waals surface area contributed by atoms with Crippen LogP contribution in [0.5, 0.6) is 11.8 Å². The molecular formula is C19H23ClN8O3S. The van der Waals surface area contributed by atoms with Gasteiger partial charge >= 0.3 is 0 Å². The minimum atomic E-state index is 0.0811. The number of hydrogen-bond acceptors (Lipinski definition) is 11. The molecule has 11 nitrogen and oxygen atoms in total. The third-order valence-corrected chi connectivity index (χ3v) is 5.91. The van der Waals surface area contributed by atoms with E-state index in [9.17, 15) is 0 Å². The molecule has 4 heterocycles. The zero-order chi connectivity index (χ0) is 22.5. The highest BCUT2D eigenvalue weighted by Gasteiger charge is 2.30. The summed E-state index contributed by atoms with van der Waals surface area (Å²) < 4.78 is 21.7. The van der Waals surface area contributed by atoms with Crippen LogP contribution in [0.4, 0.5) is 5.95 Å². The monoisotopic (exact) mass is 478 g/mol. The first-order valence-electron chi connectivity index (χ1n) is 9.95. The van der Waals surface area contributed by atoms with E-state index in [4.69, 9.17) is 25.8 Å². The molecule has 0 aromatic carbocycles. The number of nitrogens with one attached hydrogen (secondary N) is 1. The van der Waals surface area contributed by atoms with Gasteiger partial charge in [-0.15, -0.1) is 10.2 Å². The van der Waals surface area contributed by atoms with Crippen LogP contribution >= 0.6 is 23.5 Å². The Morgan fingerprint density at radius 3 is 2.53 bits per heavy atom. The maximum atomic E-state index is 5.87. The molecule has 3 aromatic heterocycles. The van der Waals surface area contributed by atoms with E-state index in [1.54, 1.807) is 26.6 Å². The second kappa shape index (κ2) is 10.3. The van der Waals surface area contributed by atoms with Gasteiger partial charge in [-0.05, 0) is 18.4 Å². The summed E-state index contributed by atoms with van der Waals surface area (Å²) in [6, 6.07) is 0. The molecule has 3 aromatic rings. The molecule has 0 spiro atoms. The minimum absolute atomic E-state index is 0.0811. The number of aromatic nitrogens is 7. The molecule has 1 N–H and O–H groups in total. The molecule has 32 heavy (non-hydrogen) atoms. The van der Waals surface area contributed by atoms with E-state index in [2.05, 4.69) is 41.8 Å². The fraction of sp³-hybridized carbons (Fsp3) is 0.474. The highest BCUT2D eigenvalue weighted by molar-refractivity contribution is 8.01. The number of methoxy groups -OCH3 is 2. The summed E-state index contributed by atoms with van der Waals surface area (Å²) in [7, 11) is 3.09. The van der Waals surface area contributed by atoms with Crippen LogP contribution in [-0.4, -0.2) is 67.4 Å². The number of hydrogen-bond donors (Lipinski definition) is 1. The van der Waals surface area contributed by atoms with Gasteiger partial charge in [-0.25, -0.2) is 9.97 Å². The largest absolute Gasteiger partial charge is 0.479 e. The minimum Gasteiger partial charge on any atom is -0.479 e. The van der Waals surface area contributed by atoms with Gasteiger partial charge in [0.05, 0.1) is 25.8 Å². The summed E-state index contributed by atoms with van der Waals surface area (Å²) in [6.07, 6.45) is 6.06. The third kappa shape index (κ3) is 4.87. The van der Waals surface area contributed by atoms with Crippen molar-refractivity contribution in [3.63, 3.8) is 0 Å². The molecule has 1 fully saturated rings. The lowest BCUT2D eigenvalue weighted by Crippen LogP contribution is -2.14. The van der Waals surface area contributed by atoms with Crippen molar-refractivity contribution in [3.05, 3.63) is 35.4 Å². The van der Waals surface area contributed by atoms with Crippen LogP contribution in [0.25, 0.3) is 5.69 Å². The molecule has 0 bridgehead atoms. The van der Waals surface area contributed by atoms with Crippen molar-refractivity contribution in [3.8, 4) is 17.4 Å². The van der Waals surface area contributed by atoms with Crippen molar-refractivity contribution < 1.29 is 14.2 Å². The molecule has 2 atom stereocenters. The number of ether oxygens (including phenoxy) is 3. The second-order valence-corrected chi connectivity index (χ2v) is 8.75. The highest BCUT2D eigenvalue weighted by atomic mass is 35.5. The Balaban J connectivity index is 1.62. The van der Waals surface area contributed by atoms with Crippen LogP contribution in [0.15, 0.2) is 18.7 Å². The van der Waals surface area contributed by atoms with Crippen molar-refractivity contribution in [2.45, 2.75) is 30.9 Å². The predicted octanol–water partition coefficient (Wildman–Crippen LogP) is 2.71. The predicted molar refractivity (Wildman–Crippen MR) is 120 cm³/mol. The first kappa shape index (κ1) is 22.5. The topological polar surface area (TPSA) is 122 Å². The SMILES string of the molecule is COc1ncnc(OC)c1-n1c(NSC(C)Cc2ncc(Cl)cn2)nnc1C1CCOC1. The maximum Gasteiger partial charge on any atom is 0.245 e. The maximum absolute atomic E-state index is 5.87. The van der Waals surface area contributed by atoms with E-state index in [0.29, 0.717) is 53.9 Å². The van der Waals surface area contributed by atoms with Gasteiger partial charge < -0.3 is 14.2 Å². The van der Waals surface area contributed by atoms with E-state index >= 15 is 0 Å². The van der Waals surface area contributed by atoms with Gasteiger partial charge in [-0.1, -0.05) is 18.5 Å². The van der Waals surface area contributed by atoms with Crippen molar-refractivity contribution in [1.82, 2.24) is 34.7 Å². The lowest BCUT2D eigenvalue weighted by Gasteiger charge is -2.18. The molecule has 1 saturated heterocycles. The molecule has 0 aliphatic carbocycles. The molecule has 0 radical (unpaired) electrons. The normalized spacial score (nSPS) is 16.7. The summed E-state index contributed by atoms with van der Waals surface area (Å²) in [4.78, 5) is 17.0. The van der Waals surface area contributed by atoms with E-state index in [1.165, 1.54) is 18.3 Å². The van der Waals surface area contributed by atoms with Crippen molar-refractivity contribution in [2.24, 2.45) is 0 Å². The molecule has 0 amide bonds. The van der Waals surface area contributed by atoms with Gasteiger partial charge in [0.15, 0.2) is 5.69 Å². The molecule has 13 heteroatoms. The summed E-state index contributed by atoms with van der Waals surface area (Å²) in [5, 5.41) is 9.48. The Kier molecular flexibility index (Phi) is 7.22. The van der Waals surface area contributed by atoms with Gasteiger partial charge in [0, 0.05) is 36.6 Å². The lowest BCUT2D eigenvalue weighted by molar-refractivity contribution is 0.193. The zero-order valence-corrected chi connectivity index (χ0v) is 19.4. The summed E-state index contributed by atoms with van der Waals surface area (Å²) in [5.74, 6) is 2.73. The number of anilines is 1. The summed E-state index contributed by atoms with van der Waals surface area (Å²) >= 11 is 7.35. The quantitative estimate of drug-likeness (QED) is 0.456. The smallest absolute Gasteiger partial charge is 0.245 e. The van der Waals surface area contributed by atoms with Crippen LogP contribution in [0.2, 0.25) is 5.02 Å². The van der Waals surface area contributed by atoms with E-state index in [1.807, 2.05) is 4.57 Å². The molecule has 0 saturated carbocycles. The van der Waals surface area contributed by atoms with E-state index < -0.39 is 0 Å². The molecule has 2 unspecified atom stereocenters. The van der Waals surface area contributed by atoms with Crippen LogP contribution < -0.4 is 14.2 Å². The highest BCUT2D eigenvalue weighted by Crippen LogP contribution is 2.36. The van der Waals surface area contributed by atoms with Gasteiger partial charge in [-0.3, -0.25) is 9.29 Å². The Morgan fingerprint density at radius 1 is 1.19 bits per heavy atom. The van der Waals surface area contributed by atoms with Crippen LogP contribution in [0.1, 0.15) is 30.9 Å². The zero-order valence-electron chi connectivity index (χ0n) is 17.9. The van der Waals surface area contributed by atoms with E-state index in [0.717, 1.165) is 12.2 Å². The third-order valence-electron chi connectivity index (χ3n) is 4.84. The number of rotatable bonds is 9. The van der Waals surface area contributed by atoms with Gasteiger partial charge in [0.2, 0.25) is 17.7 Å². The van der Waals surface area contributed by atoms with Crippen LogP contribution in [-0.2, 0) is 11.2 Å². The fourth-order valence-corrected chi connectivity index (χ4v) is 4.09. The lowest BCUT2D eigenvalue weighted by atomic mass is 10.1. The average molecular weight is 479 g/mol. The van der Waals surface area contributed by atoms with Crippen LogP contribution in [0, 0.1) is 0 Å². The Labute approximate surface area is 194 Å². The number of nitrogens with zero attached hydrogens (tertiary/aromatic N) is 7. The van der Waals surface area contributed by atoms with Gasteiger partial charge in [-0.2, -0.15) is 9.97 Å². The molecule has 1 aliphatic heterocycles. The van der Waals surface area contributed by atoms with E-state index in [-0.39, 0.29) is 11.2 Å². The van der Waals surface area contributed by atoms with Gasteiger partial charge in [0.1, 0.15) is 18.0 Å². The summed E-state index contributed by atoms with van der Waals surface area (Å²) in [6.45, 7) is 3.30. The van der Waals surface area contributed by atoms with Crippen LogP contribution in [0.3, 0.4) is 0 Å². The second-order valence-electron chi connectivity index (χ2n) is 7.07. The first-order valence-corrected chi connectivity index (χ1v) is 11.2.